The molecular weight excluding hydrogens is 142 g/mol. The maximum Gasteiger partial charge on any atom is 0.0872 e. The Morgan fingerprint density at radius 3 is 2.27 bits per heavy atom. The normalized spacial score (nSPS) is 42.8. The van der Waals surface area contributed by atoms with E-state index in [0.717, 1.165) is 25.9 Å². The molecule has 2 N–H and O–H groups in total. The van der Waals surface area contributed by atoms with Crippen LogP contribution in [0.3, 0.4) is 0 Å². The van der Waals surface area contributed by atoms with Crippen molar-refractivity contribution in [2.45, 2.75) is 37.5 Å². The van der Waals surface area contributed by atoms with E-state index in [4.69, 9.17) is 0 Å². The Kier molecular flexibility index (Phi) is 1.50. The molecule has 0 aromatic carbocycles. The molecular formula is C8H15NO2. The molecule has 2 rings (SSSR count). The first kappa shape index (κ1) is 7.53. The van der Waals surface area contributed by atoms with Crippen molar-refractivity contribution in [1.82, 2.24) is 4.90 Å². The van der Waals surface area contributed by atoms with Crippen molar-refractivity contribution in [2.24, 2.45) is 0 Å². The highest BCUT2D eigenvalue weighted by Gasteiger charge is 2.45. The summed E-state index contributed by atoms with van der Waals surface area (Å²) in [5.74, 6) is 0. The van der Waals surface area contributed by atoms with Crippen LogP contribution >= 0.6 is 0 Å². The van der Waals surface area contributed by atoms with Gasteiger partial charge in [0.05, 0.1) is 11.7 Å². The van der Waals surface area contributed by atoms with Crippen LogP contribution in [0, 0.1) is 0 Å². The largest absolute Gasteiger partial charge is 0.391 e. The lowest BCUT2D eigenvalue weighted by molar-refractivity contribution is -0.144. The number of nitrogens with zero attached hydrogens (tertiary/aromatic N) is 1. The standard InChI is InChI=1S/C8H15NO2/c1-8(11)4-9(5-8)6-2-3-7(6)10/h6-7,10-11H,2-5H2,1H3. The monoisotopic (exact) mass is 157 g/mol. The maximum atomic E-state index is 9.42. The van der Waals surface area contributed by atoms with Gasteiger partial charge in [-0.25, -0.2) is 0 Å². The molecule has 0 amide bonds. The van der Waals surface area contributed by atoms with Gasteiger partial charge in [-0.15, -0.1) is 0 Å². The van der Waals surface area contributed by atoms with Crippen molar-refractivity contribution < 1.29 is 10.2 Å². The van der Waals surface area contributed by atoms with Crippen molar-refractivity contribution in [3.63, 3.8) is 0 Å². The van der Waals surface area contributed by atoms with Crippen molar-refractivity contribution >= 4 is 0 Å². The first-order valence-electron chi connectivity index (χ1n) is 4.23. The van der Waals surface area contributed by atoms with Gasteiger partial charge in [0.15, 0.2) is 0 Å². The number of aliphatic hydroxyl groups is 2. The van der Waals surface area contributed by atoms with E-state index < -0.39 is 5.60 Å². The minimum Gasteiger partial charge on any atom is -0.391 e. The van der Waals surface area contributed by atoms with Crippen LogP contribution < -0.4 is 0 Å². The van der Waals surface area contributed by atoms with Crippen LogP contribution in [0.1, 0.15) is 19.8 Å². The van der Waals surface area contributed by atoms with Crippen molar-refractivity contribution in [3.05, 3.63) is 0 Å². The second-order valence-electron chi connectivity index (χ2n) is 4.11. The van der Waals surface area contributed by atoms with Crippen LogP contribution in [0.25, 0.3) is 0 Å². The fraction of sp³-hybridized carbons (Fsp3) is 1.00. The Hall–Kier alpha value is -0.120. The van der Waals surface area contributed by atoms with E-state index in [-0.39, 0.29) is 6.10 Å². The first-order valence-corrected chi connectivity index (χ1v) is 4.23. The molecule has 1 saturated heterocycles. The number of likely N-dealkylation sites (tertiary alicyclic amines) is 1. The van der Waals surface area contributed by atoms with Gasteiger partial charge in [0, 0.05) is 19.1 Å². The lowest BCUT2D eigenvalue weighted by atomic mass is 9.83. The summed E-state index contributed by atoms with van der Waals surface area (Å²) < 4.78 is 0. The summed E-state index contributed by atoms with van der Waals surface area (Å²) in [5.41, 5.74) is -0.491. The molecule has 0 aromatic rings. The summed E-state index contributed by atoms with van der Waals surface area (Å²) >= 11 is 0. The van der Waals surface area contributed by atoms with E-state index in [1.165, 1.54) is 0 Å². The zero-order valence-electron chi connectivity index (χ0n) is 6.82. The molecule has 0 radical (unpaired) electrons. The highest BCUT2D eigenvalue weighted by Crippen LogP contribution is 2.32. The van der Waals surface area contributed by atoms with Gasteiger partial charge in [0.2, 0.25) is 0 Å². The summed E-state index contributed by atoms with van der Waals surface area (Å²) in [5, 5.41) is 18.7. The number of rotatable bonds is 1. The molecule has 2 fully saturated rings. The number of β-amino-alcohol motifs (C(OH)–C–C–N with tert-alkyl or cyclic N) is 1. The second kappa shape index (κ2) is 2.19. The lowest BCUT2D eigenvalue weighted by Gasteiger charge is -2.52. The SMILES string of the molecule is CC1(O)CN(C2CCC2O)C1. The van der Waals surface area contributed by atoms with Gasteiger partial charge in [0.25, 0.3) is 0 Å². The minimum absolute atomic E-state index is 0.133. The molecule has 2 atom stereocenters. The zero-order chi connectivity index (χ0) is 8.06. The molecule has 1 saturated carbocycles. The van der Waals surface area contributed by atoms with Gasteiger partial charge in [-0.2, -0.15) is 0 Å². The molecule has 1 aliphatic carbocycles. The average molecular weight is 157 g/mol. The van der Waals surface area contributed by atoms with Crippen LogP contribution in [-0.4, -0.2) is 45.9 Å². The third-order valence-electron chi connectivity index (χ3n) is 2.76. The highest BCUT2D eigenvalue weighted by atomic mass is 16.3. The van der Waals surface area contributed by atoms with Crippen molar-refractivity contribution in [2.75, 3.05) is 13.1 Å². The van der Waals surface area contributed by atoms with Gasteiger partial charge in [-0.05, 0) is 19.8 Å². The Balaban J connectivity index is 1.82. The number of aliphatic hydroxyl groups excluding tert-OH is 1. The van der Waals surface area contributed by atoms with Gasteiger partial charge in [-0.1, -0.05) is 0 Å². The fourth-order valence-electron chi connectivity index (χ4n) is 1.95. The minimum atomic E-state index is -0.491. The topological polar surface area (TPSA) is 43.7 Å². The van der Waals surface area contributed by atoms with Crippen LogP contribution in [0.5, 0.6) is 0 Å². The Morgan fingerprint density at radius 2 is 2.00 bits per heavy atom. The Bertz CT molecular complexity index is 161. The molecule has 1 aliphatic heterocycles. The molecule has 2 aliphatic rings. The summed E-state index contributed by atoms with van der Waals surface area (Å²) in [4.78, 5) is 2.16. The molecule has 0 spiro atoms. The smallest absolute Gasteiger partial charge is 0.0872 e. The molecule has 2 unspecified atom stereocenters. The zero-order valence-corrected chi connectivity index (χ0v) is 6.82. The van der Waals surface area contributed by atoms with Crippen LogP contribution in [0.15, 0.2) is 0 Å². The third-order valence-corrected chi connectivity index (χ3v) is 2.76. The maximum absolute atomic E-state index is 9.42. The third kappa shape index (κ3) is 1.17. The van der Waals surface area contributed by atoms with E-state index in [2.05, 4.69) is 4.90 Å². The number of hydrogen-bond donors (Lipinski definition) is 2. The van der Waals surface area contributed by atoms with Crippen molar-refractivity contribution in [3.8, 4) is 0 Å². The van der Waals surface area contributed by atoms with Gasteiger partial charge < -0.3 is 10.2 Å². The predicted molar refractivity (Wildman–Crippen MR) is 41.2 cm³/mol. The Labute approximate surface area is 66.6 Å². The summed E-state index contributed by atoms with van der Waals surface area (Å²) in [6, 6.07) is 0.343. The molecule has 0 bridgehead atoms. The Morgan fingerprint density at radius 1 is 1.36 bits per heavy atom. The van der Waals surface area contributed by atoms with E-state index in [1.807, 2.05) is 6.92 Å². The average Bonchev–Trinajstić information content (AvgIpc) is 1.81. The quantitative estimate of drug-likeness (QED) is 0.543. The molecule has 64 valence electrons. The summed E-state index contributed by atoms with van der Waals surface area (Å²) in [6.07, 6.45) is 1.90. The van der Waals surface area contributed by atoms with Gasteiger partial charge >= 0.3 is 0 Å². The van der Waals surface area contributed by atoms with E-state index in [9.17, 15) is 10.2 Å². The van der Waals surface area contributed by atoms with Crippen LogP contribution in [-0.2, 0) is 0 Å². The highest BCUT2D eigenvalue weighted by molar-refractivity contribution is 5.00. The second-order valence-corrected chi connectivity index (χ2v) is 4.11. The molecule has 3 heteroatoms. The van der Waals surface area contributed by atoms with Gasteiger partial charge in [-0.3, -0.25) is 4.90 Å². The van der Waals surface area contributed by atoms with Crippen LogP contribution in [0.2, 0.25) is 0 Å². The molecule has 11 heavy (non-hydrogen) atoms. The summed E-state index contributed by atoms with van der Waals surface area (Å²) in [7, 11) is 0. The fourth-order valence-corrected chi connectivity index (χ4v) is 1.95. The molecule has 1 heterocycles. The van der Waals surface area contributed by atoms with Crippen molar-refractivity contribution in [1.29, 1.82) is 0 Å². The van der Waals surface area contributed by atoms with E-state index >= 15 is 0 Å². The predicted octanol–water partition coefficient (Wildman–Crippen LogP) is -0.424. The van der Waals surface area contributed by atoms with E-state index in [0.29, 0.717) is 6.04 Å². The lowest BCUT2D eigenvalue weighted by Crippen LogP contribution is -2.67. The van der Waals surface area contributed by atoms with Gasteiger partial charge in [0.1, 0.15) is 0 Å². The molecule has 0 aromatic heterocycles. The summed E-state index contributed by atoms with van der Waals surface area (Å²) in [6.45, 7) is 3.30. The number of hydrogen-bond acceptors (Lipinski definition) is 3. The van der Waals surface area contributed by atoms with E-state index in [1.54, 1.807) is 0 Å². The first-order chi connectivity index (χ1) is 5.08. The molecule has 3 nitrogen and oxygen atoms in total. The van der Waals surface area contributed by atoms with Crippen LogP contribution in [0.4, 0.5) is 0 Å².